The molecule has 0 bridgehead atoms. The number of sulfone groups is 1. The van der Waals surface area contributed by atoms with E-state index in [9.17, 15) is 8.42 Å². The number of hydrogen-bond acceptors (Lipinski definition) is 5. The molecule has 29 heavy (non-hydrogen) atoms. The van der Waals surface area contributed by atoms with Crippen molar-refractivity contribution in [3.8, 4) is 0 Å². The summed E-state index contributed by atoms with van der Waals surface area (Å²) in [4.78, 5) is 0. The van der Waals surface area contributed by atoms with Crippen LogP contribution in [-0.2, 0) is 9.84 Å². The minimum Gasteiger partial charge on any atom is -0.265 e. The lowest BCUT2D eigenvalue weighted by Gasteiger charge is -2.19. The Kier molecular flexibility index (Phi) is 5.24. The van der Waals surface area contributed by atoms with Crippen LogP contribution in [-0.4, -0.2) is 35.9 Å². The molecule has 0 N–H and O–H groups in total. The van der Waals surface area contributed by atoms with E-state index in [4.69, 9.17) is 5.10 Å². The first-order valence-corrected chi connectivity index (χ1v) is 11.5. The van der Waals surface area contributed by atoms with E-state index in [0.717, 1.165) is 28.3 Å². The fourth-order valence-corrected chi connectivity index (χ4v) is 5.41. The first-order chi connectivity index (χ1) is 13.9. The third kappa shape index (κ3) is 4.10. The van der Waals surface area contributed by atoms with Gasteiger partial charge in [0.05, 0.1) is 40.8 Å². The molecule has 0 unspecified atom stereocenters. The molecule has 0 spiro atoms. The highest BCUT2D eigenvalue weighted by Gasteiger charge is 2.31. The molecule has 1 saturated heterocycles. The predicted octanol–water partition coefficient (Wildman–Crippen LogP) is 4.03. The molecule has 0 amide bonds. The number of nitrogens with zero attached hydrogens (tertiary/aromatic N) is 4. The number of anilines is 2. The number of para-hydroxylation sites is 2. The number of hydrogen-bond donors (Lipinski definition) is 0. The van der Waals surface area contributed by atoms with Crippen LogP contribution >= 0.6 is 0 Å². The smallest absolute Gasteiger partial charge is 0.152 e. The minimum atomic E-state index is -2.96. The van der Waals surface area contributed by atoms with Gasteiger partial charge in [0.1, 0.15) is 0 Å². The number of rotatable bonds is 5. The van der Waals surface area contributed by atoms with Crippen molar-refractivity contribution < 1.29 is 8.42 Å². The van der Waals surface area contributed by atoms with Gasteiger partial charge in [0.25, 0.3) is 0 Å². The average Bonchev–Trinajstić information content (AvgIpc) is 3.22. The molecule has 6 nitrogen and oxygen atoms in total. The Morgan fingerprint density at radius 1 is 1.03 bits per heavy atom. The molecule has 150 valence electrons. The van der Waals surface area contributed by atoms with Crippen molar-refractivity contribution in [1.29, 1.82) is 0 Å². The zero-order valence-corrected chi connectivity index (χ0v) is 17.4. The maximum Gasteiger partial charge on any atom is 0.152 e. The lowest BCUT2D eigenvalue weighted by atomic mass is 10.2. The van der Waals surface area contributed by atoms with Gasteiger partial charge >= 0.3 is 0 Å². The van der Waals surface area contributed by atoms with E-state index in [1.807, 2.05) is 90.4 Å². The van der Waals surface area contributed by atoms with Crippen molar-refractivity contribution in [2.24, 2.45) is 5.10 Å². The van der Waals surface area contributed by atoms with E-state index in [2.05, 4.69) is 5.10 Å². The molecule has 3 aromatic rings. The maximum atomic E-state index is 11.9. The van der Waals surface area contributed by atoms with Crippen molar-refractivity contribution in [3.05, 3.63) is 77.6 Å². The molecule has 2 aromatic carbocycles. The Morgan fingerprint density at radius 2 is 1.62 bits per heavy atom. The van der Waals surface area contributed by atoms with Gasteiger partial charge in [0.2, 0.25) is 0 Å². The summed E-state index contributed by atoms with van der Waals surface area (Å²) in [6.45, 7) is 3.91. The van der Waals surface area contributed by atoms with Crippen molar-refractivity contribution in [2.75, 3.05) is 16.5 Å². The molecule has 4 rings (SSSR count). The Bertz CT molecular complexity index is 1080. The predicted molar refractivity (Wildman–Crippen MR) is 117 cm³/mol. The van der Waals surface area contributed by atoms with E-state index in [0.29, 0.717) is 6.42 Å². The van der Waals surface area contributed by atoms with Crippen molar-refractivity contribution >= 4 is 27.4 Å². The molecule has 7 heteroatoms. The Morgan fingerprint density at radius 3 is 2.14 bits per heavy atom. The zero-order valence-electron chi connectivity index (χ0n) is 16.6. The van der Waals surface area contributed by atoms with E-state index >= 15 is 0 Å². The highest BCUT2D eigenvalue weighted by molar-refractivity contribution is 7.91. The van der Waals surface area contributed by atoms with Gasteiger partial charge in [-0.25, -0.2) is 13.4 Å². The van der Waals surface area contributed by atoms with Crippen LogP contribution in [0.4, 0.5) is 11.4 Å². The van der Waals surface area contributed by atoms with Gasteiger partial charge in [-0.05, 0) is 44.5 Å². The monoisotopic (exact) mass is 408 g/mol. The Hall–Kier alpha value is -2.93. The normalized spacial score (nSPS) is 18.3. The average molecular weight is 409 g/mol. The minimum absolute atomic E-state index is 0.0970. The summed E-state index contributed by atoms with van der Waals surface area (Å²) >= 11 is 0. The van der Waals surface area contributed by atoms with Crippen molar-refractivity contribution in [1.82, 2.24) is 9.78 Å². The topological polar surface area (TPSA) is 67.6 Å². The molecule has 0 radical (unpaired) electrons. The number of hydrazone groups is 1. The lowest BCUT2D eigenvalue weighted by molar-refractivity contribution is 0.486. The molecular weight excluding hydrogens is 384 g/mol. The van der Waals surface area contributed by atoms with E-state index in [1.165, 1.54) is 0 Å². The van der Waals surface area contributed by atoms with Gasteiger partial charge < -0.3 is 0 Å². The second-order valence-electron chi connectivity index (χ2n) is 7.31. The van der Waals surface area contributed by atoms with Crippen molar-refractivity contribution in [3.63, 3.8) is 0 Å². The van der Waals surface area contributed by atoms with Crippen molar-refractivity contribution in [2.45, 2.75) is 26.3 Å². The molecule has 1 aliphatic heterocycles. The van der Waals surface area contributed by atoms with Crippen LogP contribution < -0.4 is 5.01 Å². The molecule has 1 aromatic heterocycles. The van der Waals surface area contributed by atoms with Gasteiger partial charge in [-0.3, -0.25) is 4.68 Å². The van der Waals surface area contributed by atoms with Crippen LogP contribution in [0.2, 0.25) is 0 Å². The largest absolute Gasteiger partial charge is 0.265 e. The van der Waals surface area contributed by atoms with Crippen LogP contribution in [0.5, 0.6) is 0 Å². The maximum absolute atomic E-state index is 11.9. The van der Waals surface area contributed by atoms with Gasteiger partial charge in [-0.15, -0.1) is 0 Å². The van der Waals surface area contributed by atoms with Gasteiger partial charge in [-0.1, -0.05) is 36.4 Å². The fourth-order valence-electron chi connectivity index (χ4n) is 3.72. The van der Waals surface area contributed by atoms with Crippen LogP contribution in [0.3, 0.4) is 0 Å². The first-order valence-electron chi connectivity index (χ1n) is 9.65. The molecule has 2 heterocycles. The van der Waals surface area contributed by atoms with Gasteiger partial charge in [-0.2, -0.15) is 10.2 Å². The molecule has 1 atom stereocenters. The summed E-state index contributed by atoms with van der Waals surface area (Å²) in [5.74, 6) is 0.390. The summed E-state index contributed by atoms with van der Waals surface area (Å²) in [5, 5.41) is 11.3. The second-order valence-corrected chi connectivity index (χ2v) is 9.54. The van der Waals surface area contributed by atoms with Crippen LogP contribution in [0, 0.1) is 13.8 Å². The van der Waals surface area contributed by atoms with Gasteiger partial charge in [0, 0.05) is 11.3 Å². The lowest BCUT2D eigenvalue weighted by Crippen LogP contribution is -2.14. The summed E-state index contributed by atoms with van der Waals surface area (Å²) < 4.78 is 25.6. The first kappa shape index (κ1) is 19.4. The third-order valence-electron chi connectivity index (χ3n) is 5.24. The van der Waals surface area contributed by atoms with Crippen LogP contribution in [0.25, 0.3) is 0 Å². The summed E-state index contributed by atoms with van der Waals surface area (Å²) in [5.41, 5.74) is 4.62. The zero-order chi connectivity index (χ0) is 20.4. The van der Waals surface area contributed by atoms with Crippen LogP contribution in [0.1, 0.15) is 29.4 Å². The van der Waals surface area contributed by atoms with E-state index < -0.39 is 9.84 Å². The SMILES string of the molecule is Cc1nn([C@H]2CCS(=O)(=O)C2)c(C)c1/C=N\N(c1ccccc1)c1ccccc1. The molecular formula is C22H24N4O2S. The summed E-state index contributed by atoms with van der Waals surface area (Å²) in [7, 11) is -2.96. The van der Waals surface area contributed by atoms with Gasteiger partial charge in [0.15, 0.2) is 9.84 Å². The number of aryl methyl sites for hydroxylation is 1. The highest BCUT2D eigenvalue weighted by Crippen LogP contribution is 2.28. The highest BCUT2D eigenvalue weighted by atomic mass is 32.2. The Balaban J connectivity index is 1.68. The molecule has 1 fully saturated rings. The van der Waals surface area contributed by atoms with Crippen LogP contribution in [0.15, 0.2) is 65.8 Å². The van der Waals surface area contributed by atoms with E-state index in [1.54, 1.807) is 0 Å². The number of benzene rings is 2. The summed E-state index contributed by atoms with van der Waals surface area (Å²) in [6, 6.07) is 19.8. The molecule has 0 aliphatic carbocycles. The quantitative estimate of drug-likeness (QED) is 0.472. The molecule has 1 aliphatic rings. The van der Waals surface area contributed by atoms with E-state index in [-0.39, 0.29) is 17.5 Å². The Labute approximate surface area is 171 Å². The molecule has 0 saturated carbocycles. The standard InChI is InChI=1S/C22H24N4O2S/c1-17-22(18(2)25(24-17)21-13-14-29(27,28)16-21)15-23-26(19-9-5-3-6-10-19)20-11-7-4-8-12-20/h3-12,15,21H,13-14,16H2,1-2H3/b23-15-/t21-/m0/s1. The third-order valence-corrected chi connectivity index (χ3v) is 6.99. The summed E-state index contributed by atoms with van der Waals surface area (Å²) in [6.07, 6.45) is 2.43. The fraction of sp³-hybridized carbons (Fsp3) is 0.273. The second kappa shape index (κ2) is 7.83. The number of aromatic nitrogens is 2.